The molecule has 1 aromatic rings. The van der Waals surface area contributed by atoms with Crippen molar-refractivity contribution in [2.75, 3.05) is 13.7 Å². The van der Waals surface area contributed by atoms with E-state index in [1.165, 1.54) is 0 Å². The van der Waals surface area contributed by atoms with E-state index < -0.39 is 0 Å². The average molecular weight is 327 g/mol. The van der Waals surface area contributed by atoms with Crippen molar-refractivity contribution in [1.29, 1.82) is 0 Å². The molecule has 0 aromatic heterocycles. The van der Waals surface area contributed by atoms with Gasteiger partial charge in [-0.25, -0.2) is 0 Å². The smallest absolute Gasteiger partial charge is 0.175 e. The summed E-state index contributed by atoms with van der Waals surface area (Å²) in [5, 5.41) is 0. The van der Waals surface area contributed by atoms with Crippen LogP contribution < -0.4 is 9.47 Å². The molecule has 0 saturated carbocycles. The molecule has 0 aliphatic heterocycles. The third-order valence-corrected chi connectivity index (χ3v) is 3.27. The van der Waals surface area contributed by atoms with Gasteiger partial charge < -0.3 is 9.47 Å². The van der Waals surface area contributed by atoms with Crippen molar-refractivity contribution in [3.05, 3.63) is 27.7 Å². The van der Waals surface area contributed by atoms with E-state index in [-0.39, 0.29) is 5.92 Å². The molecular weight excluding hydrogens is 308 g/mol. The molecule has 4 heteroatoms. The Labute approximate surface area is 122 Å². The topological polar surface area (TPSA) is 35.5 Å². The number of hydrogen-bond acceptors (Lipinski definition) is 3. The van der Waals surface area contributed by atoms with Gasteiger partial charge >= 0.3 is 0 Å². The molecule has 0 N–H and O–H groups in total. The number of aldehydes is 1. The molecule has 0 fully saturated rings. The van der Waals surface area contributed by atoms with Crippen LogP contribution in [0.1, 0.15) is 26.3 Å². The molecule has 0 atom stereocenters. The van der Waals surface area contributed by atoms with Crippen LogP contribution in [0.5, 0.6) is 11.5 Å². The number of benzene rings is 1. The fourth-order valence-corrected chi connectivity index (χ4v) is 2.21. The number of carbonyl (C=O) groups excluding carboxylic acids is 1. The molecule has 0 amide bonds. The number of allylic oxidation sites excluding steroid dienone is 1. The first-order valence-electron chi connectivity index (χ1n) is 6.20. The second-order valence-electron chi connectivity index (χ2n) is 4.38. The summed E-state index contributed by atoms with van der Waals surface area (Å²) in [5.41, 5.74) is 1.65. The van der Waals surface area contributed by atoms with E-state index in [4.69, 9.17) is 9.47 Å². The summed E-state index contributed by atoms with van der Waals surface area (Å²) < 4.78 is 11.7. The van der Waals surface area contributed by atoms with E-state index in [1.54, 1.807) is 7.11 Å². The van der Waals surface area contributed by atoms with Crippen molar-refractivity contribution in [3.8, 4) is 11.5 Å². The van der Waals surface area contributed by atoms with Gasteiger partial charge in [0.25, 0.3) is 0 Å². The lowest BCUT2D eigenvalue weighted by atomic mass is 10.0. The highest BCUT2D eigenvalue weighted by atomic mass is 79.9. The SMILES string of the molecule is CCOc1c(Br)cc(C=C(C=O)C(C)C)cc1OC. The summed E-state index contributed by atoms with van der Waals surface area (Å²) in [7, 11) is 1.60. The van der Waals surface area contributed by atoms with Gasteiger partial charge in [-0.3, -0.25) is 4.79 Å². The molecule has 0 aliphatic carbocycles. The van der Waals surface area contributed by atoms with Crippen LogP contribution in [0.2, 0.25) is 0 Å². The van der Waals surface area contributed by atoms with Crippen LogP contribution in [-0.2, 0) is 4.79 Å². The van der Waals surface area contributed by atoms with E-state index in [9.17, 15) is 4.79 Å². The first-order valence-corrected chi connectivity index (χ1v) is 6.99. The third-order valence-electron chi connectivity index (χ3n) is 2.68. The van der Waals surface area contributed by atoms with Crippen molar-refractivity contribution in [1.82, 2.24) is 0 Å². The number of ether oxygens (including phenoxy) is 2. The summed E-state index contributed by atoms with van der Waals surface area (Å²) in [6, 6.07) is 3.78. The van der Waals surface area contributed by atoms with E-state index >= 15 is 0 Å². The van der Waals surface area contributed by atoms with E-state index in [0.29, 0.717) is 18.1 Å². The Balaban J connectivity index is 3.25. The summed E-state index contributed by atoms with van der Waals surface area (Å²) in [6.45, 7) is 6.46. The minimum Gasteiger partial charge on any atom is -0.493 e. The zero-order valence-corrected chi connectivity index (χ0v) is 13.3. The molecule has 0 saturated heterocycles. The standard InChI is InChI=1S/C15H19BrO3/c1-5-19-15-13(16)7-11(8-14(15)18-4)6-12(9-17)10(2)3/h6-10H,5H2,1-4H3. The van der Waals surface area contributed by atoms with Gasteiger partial charge in [0.2, 0.25) is 0 Å². The van der Waals surface area contributed by atoms with Gasteiger partial charge in [-0.1, -0.05) is 13.8 Å². The lowest BCUT2D eigenvalue weighted by Crippen LogP contribution is -1.98. The van der Waals surface area contributed by atoms with Crippen LogP contribution in [0.3, 0.4) is 0 Å². The van der Waals surface area contributed by atoms with Gasteiger partial charge in [0.15, 0.2) is 11.5 Å². The highest BCUT2D eigenvalue weighted by molar-refractivity contribution is 9.10. The minimum atomic E-state index is 0.189. The maximum atomic E-state index is 11.0. The molecule has 0 unspecified atom stereocenters. The highest BCUT2D eigenvalue weighted by Crippen LogP contribution is 2.37. The molecule has 0 aliphatic rings. The largest absolute Gasteiger partial charge is 0.493 e. The summed E-state index contributed by atoms with van der Waals surface area (Å²) in [5.74, 6) is 1.52. The predicted octanol–water partition coefficient (Wildman–Crippen LogP) is 4.09. The van der Waals surface area contributed by atoms with Crippen LogP contribution >= 0.6 is 15.9 Å². The Morgan fingerprint density at radius 3 is 2.58 bits per heavy atom. The van der Waals surface area contributed by atoms with E-state index in [1.807, 2.05) is 39.0 Å². The monoisotopic (exact) mass is 326 g/mol. The Morgan fingerprint density at radius 1 is 1.42 bits per heavy atom. The predicted molar refractivity (Wildman–Crippen MR) is 80.7 cm³/mol. The number of hydrogen-bond donors (Lipinski definition) is 0. The Kier molecular flexibility index (Phi) is 6.09. The third kappa shape index (κ3) is 4.10. The normalized spacial score (nSPS) is 11.6. The number of halogens is 1. The molecule has 0 radical (unpaired) electrons. The Morgan fingerprint density at radius 2 is 2.11 bits per heavy atom. The highest BCUT2D eigenvalue weighted by Gasteiger charge is 2.11. The van der Waals surface area contributed by atoms with Gasteiger partial charge in [0, 0.05) is 0 Å². The average Bonchev–Trinajstić information content (AvgIpc) is 2.38. The van der Waals surface area contributed by atoms with Crippen LogP contribution in [0, 0.1) is 5.92 Å². The molecule has 0 heterocycles. The van der Waals surface area contributed by atoms with Gasteiger partial charge in [-0.2, -0.15) is 0 Å². The molecule has 1 aromatic carbocycles. The van der Waals surface area contributed by atoms with Gasteiger partial charge in [0.05, 0.1) is 18.2 Å². The first kappa shape index (κ1) is 15.8. The Hall–Kier alpha value is -1.29. The first-order chi connectivity index (χ1) is 9.03. The molecular formula is C15H19BrO3. The maximum Gasteiger partial charge on any atom is 0.175 e. The van der Waals surface area contributed by atoms with Crippen molar-refractivity contribution < 1.29 is 14.3 Å². The van der Waals surface area contributed by atoms with Crippen molar-refractivity contribution in [2.45, 2.75) is 20.8 Å². The quantitative estimate of drug-likeness (QED) is 0.583. The lowest BCUT2D eigenvalue weighted by Gasteiger charge is -2.13. The van der Waals surface area contributed by atoms with Crippen LogP contribution in [0.15, 0.2) is 22.2 Å². The molecule has 3 nitrogen and oxygen atoms in total. The van der Waals surface area contributed by atoms with E-state index in [0.717, 1.165) is 21.9 Å². The summed E-state index contributed by atoms with van der Waals surface area (Å²) >= 11 is 3.47. The van der Waals surface area contributed by atoms with Gasteiger partial charge in [-0.05, 0) is 58.1 Å². The van der Waals surface area contributed by atoms with Crippen molar-refractivity contribution in [2.24, 2.45) is 5.92 Å². The van der Waals surface area contributed by atoms with Gasteiger partial charge in [0.1, 0.15) is 6.29 Å². The second-order valence-corrected chi connectivity index (χ2v) is 5.24. The number of rotatable bonds is 6. The molecule has 1 rings (SSSR count). The molecule has 0 spiro atoms. The van der Waals surface area contributed by atoms with Gasteiger partial charge in [-0.15, -0.1) is 0 Å². The number of methoxy groups -OCH3 is 1. The van der Waals surface area contributed by atoms with E-state index in [2.05, 4.69) is 15.9 Å². The second kappa shape index (κ2) is 7.34. The molecule has 104 valence electrons. The van der Waals surface area contributed by atoms with Crippen molar-refractivity contribution in [3.63, 3.8) is 0 Å². The minimum absolute atomic E-state index is 0.189. The fraction of sp³-hybridized carbons (Fsp3) is 0.400. The molecule has 0 bridgehead atoms. The maximum absolute atomic E-state index is 11.0. The fourth-order valence-electron chi connectivity index (χ4n) is 1.64. The number of carbonyl (C=O) groups is 1. The molecule has 19 heavy (non-hydrogen) atoms. The van der Waals surface area contributed by atoms with Crippen LogP contribution in [0.4, 0.5) is 0 Å². The zero-order valence-electron chi connectivity index (χ0n) is 11.7. The zero-order chi connectivity index (χ0) is 14.4. The Bertz CT molecular complexity index is 479. The lowest BCUT2D eigenvalue weighted by molar-refractivity contribution is -0.105. The summed E-state index contributed by atoms with van der Waals surface area (Å²) in [4.78, 5) is 11.0. The van der Waals surface area contributed by atoms with Crippen LogP contribution in [-0.4, -0.2) is 20.0 Å². The van der Waals surface area contributed by atoms with Crippen molar-refractivity contribution >= 4 is 28.3 Å². The van der Waals surface area contributed by atoms with Crippen LogP contribution in [0.25, 0.3) is 6.08 Å². The summed E-state index contributed by atoms with van der Waals surface area (Å²) in [6.07, 6.45) is 2.75.